The zero-order valence-electron chi connectivity index (χ0n) is 15.9. The van der Waals surface area contributed by atoms with Gasteiger partial charge in [0.05, 0.1) is 22.0 Å². The predicted molar refractivity (Wildman–Crippen MR) is 105 cm³/mol. The highest BCUT2D eigenvalue weighted by molar-refractivity contribution is 7.91. The van der Waals surface area contributed by atoms with Crippen molar-refractivity contribution in [3.05, 3.63) is 63.7 Å². The standard InChI is InChI=1S/C19H20N2O7S/c1-13-3-6-16(7-4-13)29(26,27)10-9-19(23)28-12-18(22)20-17-8-5-15(21(24)25)11-14(17)2/h3-8,11H,9-10,12H2,1-2H3,(H,20,22). The number of nitrogens with zero attached hydrogens (tertiary/aromatic N) is 1. The van der Waals surface area contributed by atoms with Gasteiger partial charge in [-0.05, 0) is 37.6 Å². The van der Waals surface area contributed by atoms with Crippen LogP contribution in [0, 0.1) is 24.0 Å². The summed E-state index contributed by atoms with van der Waals surface area (Å²) in [6.45, 7) is 2.82. The van der Waals surface area contributed by atoms with Crippen LogP contribution in [0.2, 0.25) is 0 Å². The number of non-ortho nitro benzene ring substituents is 1. The zero-order chi connectivity index (χ0) is 21.6. The number of benzene rings is 2. The van der Waals surface area contributed by atoms with Crippen LogP contribution in [0.15, 0.2) is 47.4 Å². The zero-order valence-corrected chi connectivity index (χ0v) is 16.7. The molecule has 154 valence electrons. The van der Waals surface area contributed by atoms with Crippen molar-refractivity contribution in [2.24, 2.45) is 0 Å². The number of aryl methyl sites for hydroxylation is 2. The van der Waals surface area contributed by atoms with E-state index in [1.165, 1.54) is 30.3 Å². The van der Waals surface area contributed by atoms with Gasteiger partial charge in [-0.2, -0.15) is 0 Å². The van der Waals surface area contributed by atoms with Crippen LogP contribution in [0.3, 0.4) is 0 Å². The lowest BCUT2D eigenvalue weighted by Gasteiger charge is -2.09. The Bertz CT molecular complexity index is 1030. The van der Waals surface area contributed by atoms with Crippen LogP contribution in [0.5, 0.6) is 0 Å². The maximum Gasteiger partial charge on any atom is 0.307 e. The minimum atomic E-state index is -3.63. The van der Waals surface area contributed by atoms with Gasteiger partial charge < -0.3 is 10.1 Å². The molecule has 0 heterocycles. The molecule has 0 bridgehead atoms. The highest BCUT2D eigenvalue weighted by Crippen LogP contribution is 2.21. The molecule has 0 fully saturated rings. The maximum atomic E-state index is 12.2. The van der Waals surface area contributed by atoms with Crippen molar-refractivity contribution in [3.63, 3.8) is 0 Å². The van der Waals surface area contributed by atoms with Crippen molar-refractivity contribution < 1.29 is 27.7 Å². The largest absolute Gasteiger partial charge is 0.456 e. The summed E-state index contributed by atoms with van der Waals surface area (Å²) >= 11 is 0. The van der Waals surface area contributed by atoms with E-state index in [9.17, 15) is 28.1 Å². The van der Waals surface area contributed by atoms with E-state index in [4.69, 9.17) is 4.74 Å². The molecule has 29 heavy (non-hydrogen) atoms. The van der Waals surface area contributed by atoms with E-state index in [0.717, 1.165) is 5.56 Å². The van der Waals surface area contributed by atoms with Gasteiger partial charge in [0.15, 0.2) is 16.4 Å². The quantitative estimate of drug-likeness (QED) is 0.394. The topological polar surface area (TPSA) is 133 Å². The number of sulfone groups is 1. The van der Waals surface area contributed by atoms with Crippen molar-refractivity contribution in [1.29, 1.82) is 0 Å². The predicted octanol–water partition coefficient (Wildman–Crippen LogP) is 2.56. The lowest BCUT2D eigenvalue weighted by atomic mass is 10.2. The number of nitro groups is 1. The number of ether oxygens (including phenoxy) is 1. The molecule has 0 saturated heterocycles. The van der Waals surface area contributed by atoms with Crippen LogP contribution >= 0.6 is 0 Å². The third kappa shape index (κ3) is 6.39. The van der Waals surface area contributed by atoms with Crippen LogP contribution in [0.4, 0.5) is 11.4 Å². The van der Waals surface area contributed by atoms with Crippen LogP contribution in [-0.2, 0) is 24.2 Å². The van der Waals surface area contributed by atoms with E-state index in [2.05, 4.69) is 5.32 Å². The Balaban J connectivity index is 1.83. The second-order valence-electron chi connectivity index (χ2n) is 6.35. The summed E-state index contributed by atoms with van der Waals surface area (Å²) < 4.78 is 29.2. The third-order valence-electron chi connectivity index (χ3n) is 4.01. The Morgan fingerprint density at radius 1 is 1.10 bits per heavy atom. The van der Waals surface area contributed by atoms with Gasteiger partial charge in [0, 0.05) is 17.8 Å². The lowest BCUT2D eigenvalue weighted by molar-refractivity contribution is -0.384. The Morgan fingerprint density at radius 3 is 2.34 bits per heavy atom. The third-order valence-corrected chi connectivity index (χ3v) is 5.75. The Kier molecular flexibility index (Phi) is 7.05. The van der Waals surface area contributed by atoms with Crippen molar-refractivity contribution in [2.75, 3.05) is 17.7 Å². The lowest BCUT2D eigenvalue weighted by Crippen LogP contribution is -2.22. The molecule has 0 atom stereocenters. The number of carbonyl (C=O) groups excluding carboxylic acids is 2. The molecule has 2 rings (SSSR count). The highest BCUT2D eigenvalue weighted by atomic mass is 32.2. The van der Waals surface area contributed by atoms with Gasteiger partial charge in [-0.1, -0.05) is 17.7 Å². The molecule has 9 nitrogen and oxygen atoms in total. The van der Waals surface area contributed by atoms with Gasteiger partial charge in [0.25, 0.3) is 11.6 Å². The van der Waals surface area contributed by atoms with Gasteiger partial charge in [0.2, 0.25) is 0 Å². The van der Waals surface area contributed by atoms with Crippen LogP contribution < -0.4 is 5.32 Å². The molecule has 0 spiro atoms. The summed E-state index contributed by atoms with van der Waals surface area (Å²) in [6.07, 6.45) is -0.389. The van der Waals surface area contributed by atoms with Crippen molar-refractivity contribution in [2.45, 2.75) is 25.2 Å². The molecule has 0 saturated carbocycles. The first kappa shape index (κ1) is 22.0. The van der Waals surface area contributed by atoms with E-state index in [1.807, 2.05) is 6.92 Å². The molecule has 2 aromatic rings. The Morgan fingerprint density at radius 2 is 1.76 bits per heavy atom. The Labute approximate surface area is 167 Å². The van der Waals surface area contributed by atoms with Crippen LogP contribution in [-0.4, -0.2) is 37.6 Å². The summed E-state index contributed by atoms with van der Waals surface area (Å²) in [5, 5.41) is 13.2. The van der Waals surface area contributed by atoms with Gasteiger partial charge in [-0.3, -0.25) is 19.7 Å². The molecule has 2 aromatic carbocycles. The summed E-state index contributed by atoms with van der Waals surface area (Å²) in [4.78, 5) is 34.0. The monoisotopic (exact) mass is 420 g/mol. The van der Waals surface area contributed by atoms with Crippen LogP contribution in [0.25, 0.3) is 0 Å². The van der Waals surface area contributed by atoms with Gasteiger partial charge in [-0.25, -0.2) is 8.42 Å². The molecule has 1 N–H and O–H groups in total. The number of hydrogen-bond acceptors (Lipinski definition) is 7. The average molecular weight is 420 g/mol. The van der Waals surface area contributed by atoms with E-state index in [1.54, 1.807) is 19.1 Å². The number of hydrogen-bond donors (Lipinski definition) is 1. The van der Waals surface area contributed by atoms with Crippen LogP contribution in [0.1, 0.15) is 17.5 Å². The molecule has 0 aliphatic rings. The van der Waals surface area contributed by atoms with Gasteiger partial charge in [0.1, 0.15) is 0 Å². The number of rotatable bonds is 8. The Hall–Kier alpha value is -3.27. The van der Waals surface area contributed by atoms with Gasteiger partial charge >= 0.3 is 5.97 Å². The maximum absolute atomic E-state index is 12.2. The fourth-order valence-corrected chi connectivity index (χ4v) is 3.61. The van der Waals surface area contributed by atoms with Crippen molar-refractivity contribution in [3.8, 4) is 0 Å². The molecule has 0 unspecified atom stereocenters. The molecule has 0 radical (unpaired) electrons. The fourth-order valence-electron chi connectivity index (χ4n) is 2.39. The number of nitrogens with one attached hydrogen (secondary N) is 1. The minimum Gasteiger partial charge on any atom is -0.456 e. The fraction of sp³-hybridized carbons (Fsp3) is 0.263. The summed E-state index contributed by atoms with van der Waals surface area (Å²) in [5.41, 5.74) is 1.63. The average Bonchev–Trinajstić information content (AvgIpc) is 2.66. The second-order valence-corrected chi connectivity index (χ2v) is 8.46. The van der Waals surface area contributed by atoms with Gasteiger partial charge in [-0.15, -0.1) is 0 Å². The molecule has 0 aliphatic carbocycles. The molecule has 1 amide bonds. The first-order valence-electron chi connectivity index (χ1n) is 8.58. The number of amides is 1. The number of anilines is 1. The van der Waals surface area contributed by atoms with E-state index in [0.29, 0.717) is 11.3 Å². The van der Waals surface area contributed by atoms with E-state index in [-0.39, 0.29) is 17.0 Å². The minimum absolute atomic E-state index is 0.110. The van der Waals surface area contributed by atoms with Crippen molar-refractivity contribution in [1.82, 2.24) is 0 Å². The normalized spacial score (nSPS) is 11.0. The first-order valence-corrected chi connectivity index (χ1v) is 10.2. The number of esters is 1. The van der Waals surface area contributed by atoms with E-state index >= 15 is 0 Å². The van der Waals surface area contributed by atoms with E-state index < -0.39 is 39.0 Å². The number of carbonyl (C=O) groups is 2. The highest BCUT2D eigenvalue weighted by Gasteiger charge is 2.18. The smallest absolute Gasteiger partial charge is 0.307 e. The molecule has 0 aliphatic heterocycles. The number of nitro benzene ring substituents is 1. The summed E-state index contributed by atoms with van der Waals surface area (Å²) in [7, 11) is -3.63. The first-order chi connectivity index (χ1) is 13.6. The summed E-state index contributed by atoms with van der Waals surface area (Å²) in [5.74, 6) is -1.90. The second kappa shape index (κ2) is 9.28. The molecular formula is C19H20N2O7S. The molecule has 0 aromatic heterocycles. The molecule has 10 heteroatoms. The summed E-state index contributed by atoms with van der Waals surface area (Å²) in [6, 6.07) is 10.2. The van der Waals surface area contributed by atoms with Crippen molar-refractivity contribution >= 4 is 33.1 Å². The molecular weight excluding hydrogens is 400 g/mol. The SMILES string of the molecule is Cc1ccc(S(=O)(=O)CCC(=O)OCC(=O)Nc2ccc([N+](=O)[O-])cc2C)cc1.